The molecule has 3 N–H and O–H groups in total. The van der Waals surface area contributed by atoms with Crippen LogP contribution in [0.25, 0.3) is 0 Å². The highest BCUT2D eigenvalue weighted by Crippen LogP contribution is 2.23. The largest absolute Gasteiger partial charge is 0.271 e. The lowest BCUT2D eigenvalue weighted by Crippen LogP contribution is -2.30. The van der Waals surface area contributed by atoms with Gasteiger partial charge in [-0.2, -0.15) is 5.10 Å². The second kappa shape index (κ2) is 5.46. The highest BCUT2D eigenvalue weighted by Gasteiger charge is 2.18. The fourth-order valence-corrected chi connectivity index (χ4v) is 2.08. The van der Waals surface area contributed by atoms with E-state index in [1.54, 1.807) is 11.7 Å². The Labute approximate surface area is 110 Å². The number of nitrogens with one attached hydrogen (secondary N) is 1. The van der Waals surface area contributed by atoms with E-state index in [1.807, 2.05) is 13.0 Å². The fraction of sp³-hybridized carbons (Fsp3) is 0.308. The van der Waals surface area contributed by atoms with Crippen LogP contribution in [-0.2, 0) is 13.5 Å². The Bertz CT molecular complexity index is 560. The Kier molecular flexibility index (Phi) is 3.92. The second-order valence-electron chi connectivity index (χ2n) is 4.34. The monoisotopic (exact) mass is 266 g/mol. The van der Waals surface area contributed by atoms with Crippen LogP contribution in [-0.4, -0.2) is 9.78 Å². The first kappa shape index (κ1) is 13.6. The topological polar surface area (TPSA) is 55.9 Å². The molecule has 4 nitrogen and oxygen atoms in total. The molecule has 0 aliphatic carbocycles. The summed E-state index contributed by atoms with van der Waals surface area (Å²) in [6, 6.07) is 4.70. The predicted octanol–water partition coefficient (Wildman–Crippen LogP) is 1.81. The van der Waals surface area contributed by atoms with Crippen molar-refractivity contribution in [2.75, 3.05) is 0 Å². The third-order valence-corrected chi connectivity index (χ3v) is 3.01. The van der Waals surface area contributed by atoms with Crippen molar-refractivity contribution in [1.29, 1.82) is 0 Å². The summed E-state index contributed by atoms with van der Waals surface area (Å²) in [5.74, 6) is 4.26. The smallest absolute Gasteiger partial charge is 0.126 e. The second-order valence-corrected chi connectivity index (χ2v) is 4.34. The Morgan fingerprint density at radius 3 is 2.37 bits per heavy atom. The lowest BCUT2D eigenvalue weighted by molar-refractivity contribution is 0.548. The van der Waals surface area contributed by atoms with Gasteiger partial charge in [0.15, 0.2) is 0 Å². The normalized spacial score (nSPS) is 12.7. The van der Waals surface area contributed by atoms with E-state index in [2.05, 4.69) is 10.5 Å². The Balaban J connectivity index is 2.46. The van der Waals surface area contributed by atoms with Crippen molar-refractivity contribution in [3.05, 3.63) is 52.9 Å². The summed E-state index contributed by atoms with van der Waals surface area (Å²) in [5, 5.41) is 4.30. The summed E-state index contributed by atoms with van der Waals surface area (Å²) < 4.78 is 28.2. The quantitative estimate of drug-likeness (QED) is 0.655. The summed E-state index contributed by atoms with van der Waals surface area (Å²) in [4.78, 5) is 0. The molecule has 0 aliphatic rings. The molecule has 0 bridgehead atoms. The van der Waals surface area contributed by atoms with Crippen molar-refractivity contribution in [2.24, 2.45) is 12.9 Å². The molecule has 1 aromatic heterocycles. The van der Waals surface area contributed by atoms with E-state index in [4.69, 9.17) is 5.84 Å². The fourth-order valence-electron chi connectivity index (χ4n) is 2.08. The van der Waals surface area contributed by atoms with Crippen molar-refractivity contribution in [3.8, 4) is 0 Å². The van der Waals surface area contributed by atoms with E-state index in [9.17, 15) is 8.78 Å². The molecular weight excluding hydrogens is 250 g/mol. The molecule has 19 heavy (non-hydrogen) atoms. The Hall–Kier alpha value is -1.79. The van der Waals surface area contributed by atoms with E-state index in [0.29, 0.717) is 5.56 Å². The number of rotatable bonds is 4. The maximum atomic E-state index is 13.3. The maximum Gasteiger partial charge on any atom is 0.126 e. The van der Waals surface area contributed by atoms with Crippen LogP contribution in [0.4, 0.5) is 8.78 Å². The van der Waals surface area contributed by atoms with Crippen LogP contribution in [0.5, 0.6) is 0 Å². The zero-order valence-corrected chi connectivity index (χ0v) is 10.8. The number of hydrogen-bond donors (Lipinski definition) is 2. The lowest BCUT2D eigenvalue weighted by Gasteiger charge is -2.16. The molecule has 102 valence electrons. The molecular formula is C13H16F2N4. The molecule has 2 aromatic rings. The molecule has 1 heterocycles. The van der Waals surface area contributed by atoms with Gasteiger partial charge in [0.1, 0.15) is 11.6 Å². The molecule has 0 fully saturated rings. The van der Waals surface area contributed by atoms with Crippen LogP contribution >= 0.6 is 0 Å². The van der Waals surface area contributed by atoms with E-state index >= 15 is 0 Å². The first-order chi connectivity index (χ1) is 9.05. The predicted molar refractivity (Wildman–Crippen MR) is 68.1 cm³/mol. The number of aromatic nitrogens is 2. The molecule has 0 amide bonds. The summed E-state index contributed by atoms with van der Waals surface area (Å²) >= 11 is 0. The lowest BCUT2D eigenvalue weighted by atomic mass is 10.0. The number of hydrazine groups is 1. The highest BCUT2D eigenvalue weighted by atomic mass is 19.1. The van der Waals surface area contributed by atoms with Gasteiger partial charge in [-0.3, -0.25) is 10.5 Å². The van der Waals surface area contributed by atoms with E-state index in [1.165, 1.54) is 12.1 Å². The van der Waals surface area contributed by atoms with Crippen molar-refractivity contribution in [3.63, 3.8) is 0 Å². The molecule has 1 aromatic carbocycles. The van der Waals surface area contributed by atoms with Crippen molar-refractivity contribution in [1.82, 2.24) is 15.2 Å². The molecule has 0 spiro atoms. The summed E-state index contributed by atoms with van der Waals surface area (Å²) in [6.07, 6.45) is 0.780. The third kappa shape index (κ3) is 2.80. The van der Waals surface area contributed by atoms with Crippen LogP contribution in [0, 0.1) is 11.6 Å². The number of benzene rings is 1. The van der Waals surface area contributed by atoms with Crippen molar-refractivity contribution in [2.45, 2.75) is 19.4 Å². The third-order valence-electron chi connectivity index (χ3n) is 3.01. The molecule has 0 radical (unpaired) electrons. The molecule has 1 unspecified atom stereocenters. The minimum atomic E-state index is -0.631. The van der Waals surface area contributed by atoms with E-state index in [0.717, 1.165) is 23.9 Å². The Morgan fingerprint density at radius 2 is 1.89 bits per heavy atom. The molecule has 0 saturated heterocycles. The van der Waals surface area contributed by atoms with Crippen LogP contribution < -0.4 is 11.3 Å². The SMILES string of the molecule is CCc1cc(C(NN)c2cc(F)cc(F)c2)n(C)n1. The van der Waals surface area contributed by atoms with Gasteiger partial charge in [-0.15, -0.1) is 0 Å². The maximum absolute atomic E-state index is 13.3. The van der Waals surface area contributed by atoms with Crippen LogP contribution in [0.2, 0.25) is 0 Å². The average molecular weight is 266 g/mol. The number of hydrogen-bond acceptors (Lipinski definition) is 3. The number of nitrogens with two attached hydrogens (primary N) is 1. The summed E-state index contributed by atoms with van der Waals surface area (Å²) in [5.41, 5.74) is 4.65. The minimum Gasteiger partial charge on any atom is -0.271 e. The first-order valence-electron chi connectivity index (χ1n) is 6.00. The van der Waals surface area contributed by atoms with Crippen LogP contribution in [0.1, 0.15) is 29.9 Å². The summed E-state index contributed by atoms with van der Waals surface area (Å²) in [6.45, 7) is 1.98. The Morgan fingerprint density at radius 1 is 1.26 bits per heavy atom. The van der Waals surface area contributed by atoms with Gasteiger partial charge in [0.05, 0.1) is 17.4 Å². The number of aryl methyl sites for hydroxylation is 2. The molecule has 6 heteroatoms. The highest BCUT2D eigenvalue weighted by molar-refractivity contribution is 5.30. The molecule has 0 saturated carbocycles. The van der Waals surface area contributed by atoms with Gasteiger partial charge in [0.25, 0.3) is 0 Å². The van der Waals surface area contributed by atoms with Gasteiger partial charge in [-0.25, -0.2) is 14.2 Å². The van der Waals surface area contributed by atoms with Crippen LogP contribution in [0.3, 0.4) is 0 Å². The molecule has 1 atom stereocenters. The minimum absolute atomic E-state index is 0.422. The van der Waals surface area contributed by atoms with Crippen LogP contribution in [0.15, 0.2) is 24.3 Å². The van der Waals surface area contributed by atoms with Gasteiger partial charge < -0.3 is 0 Å². The van der Waals surface area contributed by atoms with Crippen molar-refractivity contribution < 1.29 is 8.78 Å². The number of nitrogens with zero attached hydrogens (tertiary/aromatic N) is 2. The van der Waals surface area contributed by atoms with Gasteiger partial charge in [-0.1, -0.05) is 6.92 Å². The number of halogens is 2. The molecule has 2 rings (SSSR count). The zero-order valence-electron chi connectivity index (χ0n) is 10.8. The van der Waals surface area contributed by atoms with E-state index in [-0.39, 0.29) is 0 Å². The average Bonchev–Trinajstić information content (AvgIpc) is 2.71. The molecule has 0 aliphatic heterocycles. The zero-order chi connectivity index (χ0) is 14.0. The van der Waals surface area contributed by atoms with Gasteiger partial charge in [-0.05, 0) is 30.2 Å². The van der Waals surface area contributed by atoms with Gasteiger partial charge >= 0.3 is 0 Å². The van der Waals surface area contributed by atoms with E-state index < -0.39 is 17.7 Å². The first-order valence-corrected chi connectivity index (χ1v) is 6.00. The standard InChI is InChI=1S/C13H16F2N4/c1-3-11-7-12(19(2)18-11)13(17-16)8-4-9(14)6-10(15)5-8/h4-7,13,17H,3,16H2,1-2H3. The van der Waals surface area contributed by atoms with Gasteiger partial charge in [0, 0.05) is 13.1 Å². The van der Waals surface area contributed by atoms with Gasteiger partial charge in [0.2, 0.25) is 0 Å². The van der Waals surface area contributed by atoms with Crippen molar-refractivity contribution >= 4 is 0 Å². The summed E-state index contributed by atoms with van der Waals surface area (Å²) in [7, 11) is 1.77.